The van der Waals surface area contributed by atoms with Crippen LogP contribution in [0.5, 0.6) is 0 Å². The molecule has 21 heavy (non-hydrogen) atoms. The van der Waals surface area contributed by atoms with Crippen LogP contribution in [0.15, 0.2) is 35.5 Å². The Labute approximate surface area is 125 Å². The summed E-state index contributed by atoms with van der Waals surface area (Å²) in [5.74, 6) is -0.235. The first-order chi connectivity index (χ1) is 10.0. The van der Waals surface area contributed by atoms with Crippen LogP contribution < -0.4 is 5.32 Å². The van der Waals surface area contributed by atoms with Gasteiger partial charge in [-0.15, -0.1) is 0 Å². The molecule has 1 aromatic rings. The van der Waals surface area contributed by atoms with Gasteiger partial charge < -0.3 is 15.3 Å². The lowest BCUT2D eigenvalue weighted by Crippen LogP contribution is -2.44. The summed E-state index contributed by atoms with van der Waals surface area (Å²) in [6, 6.07) is 9.66. The minimum atomic E-state index is -0.883. The molecular formula is C16H22N2O3. The van der Waals surface area contributed by atoms with Crippen LogP contribution in [0, 0.1) is 0 Å². The van der Waals surface area contributed by atoms with Crippen LogP contribution in [0.4, 0.5) is 0 Å². The Morgan fingerprint density at radius 2 is 2.19 bits per heavy atom. The van der Waals surface area contributed by atoms with E-state index >= 15 is 0 Å². The van der Waals surface area contributed by atoms with Crippen molar-refractivity contribution in [3.8, 4) is 0 Å². The Balaban J connectivity index is 1.84. The summed E-state index contributed by atoms with van der Waals surface area (Å²) in [6.45, 7) is 3.94. The zero-order valence-electron chi connectivity index (χ0n) is 12.5. The van der Waals surface area contributed by atoms with Crippen LogP contribution in [0.25, 0.3) is 0 Å². The van der Waals surface area contributed by atoms with Crippen LogP contribution in [0.2, 0.25) is 0 Å². The highest BCUT2D eigenvalue weighted by Crippen LogP contribution is 2.17. The van der Waals surface area contributed by atoms with E-state index in [4.69, 9.17) is 4.84 Å². The second-order valence-electron chi connectivity index (χ2n) is 5.67. The molecule has 5 nitrogen and oxygen atoms in total. The molecule has 114 valence electrons. The first kappa shape index (κ1) is 15.5. The molecule has 2 N–H and O–H groups in total. The van der Waals surface area contributed by atoms with Crippen molar-refractivity contribution in [1.29, 1.82) is 0 Å². The molecule has 2 unspecified atom stereocenters. The minimum absolute atomic E-state index is 0.222. The van der Waals surface area contributed by atoms with Crippen molar-refractivity contribution in [2.75, 3.05) is 6.54 Å². The topological polar surface area (TPSA) is 70.9 Å². The van der Waals surface area contributed by atoms with Gasteiger partial charge in [0.1, 0.15) is 0 Å². The Morgan fingerprint density at radius 3 is 2.86 bits per heavy atom. The van der Waals surface area contributed by atoms with E-state index in [9.17, 15) is 9.90 Å². The van der Waals surface area contributed by atoms with Crippen LogP contribution in [-0.2, 0) is 9.63 Å². The number of hydrogen-bond acceptors (Lipinski definition) is 4. The quantitative estimate of drug-likeness (QED) is 0.840. The molecule has 0 fully saturated rings. The molecule has 0 saturated carbocycles. The Morgan fingerprint density at radius 1 is 1.48 bits per heavy atom. The van der Waals surface area contributed by atoms with Crippen LogP contribution in [0.3, 0.4) is 0 Å². The maximum atomic E-state index is 12.1. The number of rotatable bonds is 6. The van der Waals surface area contributed by atoms with E-state index in [0.717, 1.165) is 17.7 Å². The third-order valence-corrected chi connectivity index (χ3v) is 3.50. The van der Waals surface area contributed by atoms with Crippen molar-refractivity contribution >= 4 is 11.6 Å². The van der Waals surface area contributed by atoms with E-state index in [1.807, 2.05) is 37.3 Å². The molecule has 0 bridgehead atoms. The number of carbonyl (C=O) groups excluding carboxylic acids is 1. The van der Waals surface area contributed by atoms with Gasteiger partial charge in [-0.1, -0.05) is 48.8 Å². The SMILES string of the molecule is CCCC(C)(O)CNC(=O)C1CC(c2ccccc2)=NO1. The van der Waals surface area contributed by atoms with Crippen LogP contribution in [-0.4, -0.2) is 35.0 Å². The normalized spacial score (nSPS) is 20.3. The standard InChI is InChI=1S/C16H22N2O3/c1-3-9-16(2,20)11-17-15(19)14-10-13(18-21-14)12-7-5-4-6-8-12/h4-8,14,20H,3,9-11H2,1-2H3,(H,17,19). The molecule has 0 aromatic heterocycles. The average molecular weight is 290 g/mol. The van der Waals surface area contributed by atoms with Gasteiger partial charge in [0.2, 0.25) is 6.10 Å². The van der Waals surface area contributed by atoms with Crippen molar-refractivity contribution < 1.29 is 14.7 Å². The Hall–Kier alpha value is -1.88. The van der Waals surface area contributed by atoms with Crippen molar-refractivity contribution in [3.05, 3.63) is 35.9 Å². The molecule has 0 aliphatic carbocycles. The third kappa shape index (κ3) is 4.29. The van der Waals surface area contributed by atoms with Crippen LogP contribution >= 0.6 is 0 Å². The number of nitrogens with one attached hydrogen (secondary N) is 1. The molecule has 0 spiro atoms. The lowest BCUT2D eigenvalue weighted by molar-refractivity contribution is -0.132. The van der Waals surface area contributed by atoms with Gasteiger partial charge in [-0.25, -0.2) is 0 Å². The van der Waals surface area contributed by atoms with E-state index < -0.39 is 11.7 Å². The summed E-state index contributed by atoms with van der Waals surface area (Å²) in [7, 11) is 0. The molecule has 1 heterocycles. The summed E-state index contributed by atoms with van der Waals surface area (Å²) in [4.78, 5) is 17.3. The molecule has 1 aromatic carbocycles. The van der Waals surface area contributed by atoms with Crippen molar-refractivity contribution in [2.45, 2.75) is 44.8 Å². The molecule has 1 amide bonds. The molecule has 5 heteroatoms. The lowest BCUT2D eigenvalue weighted by Gasteiger charge is -2.23. The summed E-state index contributed by atoms with van der Waals surface area (Å²) in [5, 5.41) is 16.8. The fourth-order valence-corrected chi connectivity index (χ4v) is 2.34. The Bertz CT molecular complexity index is 512. The van der Waals surface area contributed by atoms with Gasteiger partial charge in [-0.2, -0.15) is 0 Å². The van der Waals surface area contributed by atoms with Gasteiger partial charge in [0.05, 0.1) is 11.3 Å². The van der Waals surface area contributed by atoms with E-state index in [1.165, 1.54) is 0 Å². The maximum Gasteiger partial charge on any atom is 0.264 e. The maximum absolute atomic E-state index is 12.1. The van der Waals surface area contributed by atoms with Crippen molar-refractivity contribution in [1.82, 2.24) is 5.32 Å². The van der Waals surface area contributed by atoms with E-state index in [1.54, 1.807) is 6.92 Å². The summed E-state index contributed by atoms with van der Waals surface area (Å²) < 4.78 is 0. The summed E-state index contributed by atoms with van der Waals surface area (Å²) in [6.07, 6.45) is 1.35. The highest BCUT2D eigenvalue weighted by Gasteiger charge is 2.30. The number of nitrogens with zero attached hydrogens (tertiary/aromatic N) is 1. The summed E-state index contributed by atoms with van der Waals surface area (Å²) >= 11 is 0. The van der Waals surface area contributed by atoms with Crippen molar-refractivity contribution in [2.24, 2.45) is 5.16 Å². The molecule has 0 radical (unpaired) electrons. The smallest absolute Gasteiger partial charge is 0.264 e. The molecule has 1 aliphatic rings. The van der Waals surface area contributed by atoms with Gasteiger partial charge in [-0.05, 0) is 18.9 Å². The van der Waals surface area contributed by atoms with Gasteiger partial charge in [0.25, 0.3) is 5.91 Å². The predicted octanol–water partition coefficient (Wildman–Crippen LogP) is 1.85. The highest BCUT2D eigenvalue weighted by molar-refractivity contribution is 6.04. The lowest BCUT2D eigenvalue weighted by atomic mass is 10.0. The number of aliphatic hydroxyl groups is 1. The highest BCUT2D eigenvalue weighted by atomic mass is 16.6. The Kier molecular flexibility index (Phi) is 4.96. The molecular weight excluding hydrogens is 268 g/mol. The minimum Gasteiger partial charge on any atom is -0.388 e. The zero-order chi connectivity index (χ0) is 15.3. The predicted molar refractivity (Wildman–Crippen MR) is 81.0 cm³/mol. The molecule has 2 rings (SSSR count). The van der Waals surface area contributed by atoms with Crippen molar-refractivity contribution in [3.63, 3.8) is 0 Å². The fourth-order valence-electron chi connectivity index (χ4n) is 2.34. The van der Waals surface area contributed by atoms with E-state index in [0.29, 0.717) is 12.8 Å². The van der Waals surface area contributed by atoms with E-state index in [2.05, 4.69) is 10.5 Å². The number of hydrogen-bond donors (Lipinski definition) is 2. The first-order valence-electron chi connectivity index (χ1n) is 7.30. The molecule has 0 saturated heterocycles. The van der Waals surface area contributed by atoms with Crippen LogP contribution in [0.1, 0.15) is 38.7 Å². The number of benzene rings is 1. The largest absolute Gasteiger partial charge is 0.388 e. The fraction of sp³-hybridized carbons (Fsp3) is 0.500. The van der Waals surface area contributed by atoms with E-state index in [-0.39, 0.29) is 12.5 Å². The number of oxime groups is 1. The summed E-state index contributed by atoms with van der Waals surface area (Å²) in [5.41, 5.74) is 0.855. The molecule has 1 aliphatic heterocycles. The third-order valence-electron chi connectivity index (χ3n) is 3.50. The second-order valence-corrected chi connectivity index (χ2v) is 5.67. The average Bonchev–Trinajstić information content (AvgIpc) is 2.96. The number of amides is 1. The van der Waals surface area contributed by atoms with Gasteiger partial charge in [0, 0.05) is 13.0 Å². The van der Waals surface area contributed by atoms with Gasteiger partial charge in [-0.3, -0.25) is 4.79 Å². The van der Waals surface area contributed by atoms with Gasteiger partial charge >= 0.3 is 0 Å². The zero-order valence-corrected chi connectivity index (χ0v) is 12.5. The second kappa shape index (κ2) is 6.72. The molecule has 2 atom stereocenters. The number of carbonyl (C=O) groups is 1. The van der Waals surface area contributed by atoms with Gasteiger partial charge in [0.15, 0.2) is 0 Å². The first-order valence-corrected chi connectivity index (χ1v) is 7.30. The monoisotopic (exact) mass is 290 g/mol.